The molecule has 0 bridgehead atoms. The molecular formula is C13H12FNO2S. The minimum absolute atomic E-state index is 0.0321. The topological polar surface area (TPSA) is 49.3 Å². The lowest BCUT2D eigenvalue weighted by Gasteiger charge is -2.05. The molecule has 18 heavy (non-hydrogen) atoms. The number of hydrogen-bond donors (Lipinski definition) is 2. The Morgan fingerprint density at radius 3 is 2.67 bits per heavy atom. The lowest BCUT2D eigenvalue weighted by molar-refractivity contribution is -0.136. The fraction of sp³-hybridized carbons (Fsp3) is 0.154. The number of anilines is 1. The van der Waals surface area contributed by atoms with Gasteiger partial charge in [0.1, 0.15) is 5.82 Å². The van der Waals surface area contributed by atoms with Crippen LogP contribution in [0.2, 0.25) is 0 Å². The number of halogens is 1. The number of carboxylic acid groups (broad SMARTS) is 1. The highest BCUT2D eigenvalue weighted by Gasteiger charge is 2.05. The molecule has 0 saturated carbocycles. The van der Waals surface area contributed by atoms with Crippen molar-refractivity contribution in [2.45, 2.75) is 13.0 Å². The van der Waals surface area contributed by atoms with Crippen LogP contribution >= 0.6 is 11.3 Å². The Hall–Kier alpha value is -1.88. The highest BCUT2D eigenvalue weighted by Crippen LogP contribution is 2.19. The van der Waals surface area contributed by atoms with Crippen molar-refractivity contribution < 1.29 is 14.3 Å². The molecule has 0 fully saturated rings. The van der Waals surface area contributed by atoms with Gasteiger partial charge in [-0.15, -0.1) is 11.3 Å². The first-order chi connectivity index (χ1) is 8.65. The first-order valence-electron chi connectivity index (χ1n) is 5.43. The van der Waals surface area contributed by atoms with Gasteiger partial charge in [-0.05, 0) is 24.3 Å². The number of rotatable bonds is 5. The number of para-hydroxylation sites is 1. The third-order valence-corrected chi connectivity index (χ3v) is 3.45. The standard InChI is InChI=1S/C13H12FNO2S/c14-11-3-1-2-4-12(11)15-8-10-6-5-9(18-10)7-13(16)17/h1-6,15H,7-8H2,(H,16,17). The number of benzene rings is 1. The van der Waals surface area contributed by atoms with Crippen molar-refractivity contribution in [1.29, 1.82) is 0 Å². The number of aliphatic carboxylic acids is 1. The molecule has 0 saturated heterocycles. The van der Waals surface area contributed by atoms with Crippen LogP contribution in [-0.4, -0.2) is 11.1 Å². The SMILES string of the molecule is O=C(O)Cc1ccc(CNc2ccccc2F)s1. The van der Waals surface area contributed by atoms with Gasteiger partial charge in [0.05, 0.1) is 12.1 Å². The lowest BCUT2D eigenvalue weighted by atomic mass is 10.3. The van der Waals surface area contributed by atoms with Crippen molar-refractivity contribution in [2.75, 3.05) is 5.32 Å². The molecule has 1 aromatic carbocycles. The molecule has 5 heteroatoms. The van der Waals surface area contributed by atoms with Crippen LogP contribution in [0, 0.1) is 5.82 Å². The third kappa shape index (κ3) is 3.30. The average molecular weight is 265 g/mol. The maximum atomic E-state index is 13.3. The summed E-state index contributed by atoms with van der Waals surface area (Å²) in [7, 11) is 0. The van der Waals surface area contributed by atoms with Crippen LogP contribution in [0.1, 0.15) is 9.75 Å². The monoisotopic (exact) mass is 265 g/mol. The third-order valence-electron chi connectivity index (χ3n) is 2.37. The van der Waals surface area contributed by atoms with E-state index in [9.17, 15) is 9.18 Å². The summed E-state index contributed by atoms with van der Waals surface area (Å²) in [6.07, 6.45) is 0.0321. The smallest absolute Gasteiger partial charge is 0.308 e. The first-order valence-corrected chi connectivity index (χ1v) is 6.24. The highest BCUT2D eigenvalue weighted by molar-refractivity contribution is 7.12. The zero-order valence-corrected chi connectivity index (χ0v) is 10.3. The van der Waals surface area contributed by atoms with Crippen LogP contribution in [0.5, 0.6) is 0 Å². The van der Waals surface area contributed by atoms with Crippen LogP contribution in [0.25, 0.3) is 0 Å². The normalized spacial score (nSPS) is 10.3. The predicted molar refractivity (Wildman–Crippen MR) is 69.4 cm³/mol. The Morgan fingerprint density at radius 2 is 1.94 bits per heavy atom. The minimum Gasteiger partial charge on any atom is -0.481 e. The van der Waals surface area contributed by atoms with E-state index in [4.69, 9.17) is 5.11 Å². The maximum Gasteiger partial charge on any atom is 0.308 e. The van der Waals surface area contributed by atoms with E-state index in [0.717, 1.165) is 9.75 Å². The van der Waals surface area contributed by atoms with Gasteiger partial charge in [-0.25, -0.2) is 4.39 Å². The molecule has 0 amide bonds. The molecule has 0 aliphatic heterocycles. The van der Waals surface area contributed by atoms with Crippen LogP contribution in [0.15, 0.2) is 36.4 Å². The van der Waals surface area contributed by atoms with Crippen LogP contribution in [0.4, 0.5) is 10.1 Å². The molecule has 0 unspecified atom stereocenters. The van der Waals surface area contributed by atoms with Gasteiger partial charge in [0.2, 0.25) is 0 Å². The second kappa shape index (κ2) is 5.64. The Labute approximate surface area is 108 Å². The molecule has 0 radical (unpaired) electrons. The Kier molecular flexibility index (Phi) is 3.94. The van der Waals surface area contributed by atoms with Crippen molar-refractivity contribution in [1.82, 2.24) is 0 Å². The fourth-order valence-electron chi connectivity index (χ4n) is 1.55. The van der Waals surface area contributed by atoms with Gasteiger partial charge >= 0.3 is 5.97 Å². The Bertz CT molecular complexity index is 553. The van der Waals surface area contributed by atoms with Gasteiger partial charge in [0.25, 0.3) is 0 Å². The van der Waals surface area contributed by atoms with Gasteiger partial charge in [-0.3, -0.25) is 4.79 Å². The molecule has 3 nitrogen and oxygen atoms in total. The summed E-state index contributed by atoms with van der Waals surface area (Å²) in [5.74, 6) is -1.13. The summed E-state index contributed by atoms with van der Waals surface area (Å²) in [4.78, 5) is 12.3. The van der Waals surface area contributed by atoms with Crippen molar-refractivity contribution in [3.63, 3.8) is 0 Å². The van der Waals surface area contributed by atoms with Gasteiger partial charge < -0.3 is 10.4 Å². The van der Waals surface area contributed by atoms with Crippen molar-refractivity contribution in [2.24, 2.45) is 0 Å². The Balaban J connectivity index is 1.96. The first kappa shape index (κ1) is 12.6. The number of nitrogens with one attached hydrogen (secondary N) is 1. The molecule has 2 N–H and O–H groups in total. The van der Waals surface area contributed by atoms with E-state index in [2.05, 4.69) is 5.32 Å². The largest absolute Gasteiger partial charge is 0.481 e. The molecule has 1 heterocycles. The molecule has 0 atom stereocenters. The van der Waals surface area contributed by atoms with Crippen LogP contribution < -0.4 is 5.32 Å². The predicted octanol–water partition coefficient (Wildman–Crippen LogP) is 3.13. The van der Waals surface area contributed by atoms with E-state index in [-0.39, 0.29) is 12.2 Å². The molecule has 0 aliphatic carbocycles. The zero-order valence-electron chi connectivity index (χ0n) is 9.52. The van der Waals surface area contributed by atoms with E-state index in [1.165, 1.54) is 17.4 Å². The van der Waals surface area contributed by atoms with E-state index in [0.29, 0.717) is 12.2 Å². The van der Waals surface area contributed by atoms with E-state index in [1.807, 2.05) is 6.07 Å². The summed E-state index contributed by atoms with van der Waals surface area (Å²) in [6.45, 7) is 0.491. The fourth-order valence-corrected chi connectivity index (χ4v) is 2.50. The number of carbonyl (C=O) groups is 1. The van der Waals surface area contributed by atoms with Crippen molar-refractivity contribution in [3.8, 4) is 0 Å². The van der Waals surface area contributed by atoms with Gasteiger partial charge in [-0.2, -0.15) is 0 Å². The van der Waals surface area contributed by atoms with Crippen molar-refractivity contribution in [3.05, 3.63) is 52.0 Å². The second-order valence-corrected chi connectivity index (χ2v) is 5.02. The van der Waals surface area contributed by atoms with Crippen molar-refractivity contribution >= 4 is 23.0 Å². The summed E-state index contributed by atoms with van der Waals surface area (Å²) in [5, 5.41) is 11.6. The molecule has 2 rings (SSSR count). The van der Waals surface area contributed by atoms with Gasteiger partial charge in [0, 0.05) is 16.3 Å². The minimum atomic E-state index is -0.842. The molecular weight excluding hydrogens is 253 g/mol. The number of hydrogen-bond acceptors (Lipinski definition) is 3. The van der Waals surface area contributed by atoms with E-state index in [1.54, 1.807) is 24.3 Å². The number of carboxylic acids is 1. The molecule has 94 valence electrons. The number of thiophene rings is 1. The van der Waals surface area contributed by atoms with E-state index >= 15 is 0 Å². The Morgan fingerprint density at radius 1 is 1.22 bits per heavy atom. The highest BCUT2D eigenvalue weighted by atomic mass is 32.1. The molecule has 1 aromatic heterocycles. The molecule has 0 aliphatic rings. The molecule has 0 spiro atoms. The summed E-state index contributed by atoms with van der Waals surface area (Å²) >= 11 is 1.42. The quantitative estimate of drug-likeness (QED) is 0.873. The van der Waals surface area contributed by atoms with Crippen LogP contribution in [-0.2, 0) is 17.8 Å². The zero-order chi connectivity index (χ0) is 13.0. The maximum absolute atomic E-state index is 13.3. The van der Waals surface area contributed by atoms with Gasteiger partial charge in [-0.1, -0.05) is 12.1 Å². The summed E-state index contributed by atoms with van der Waals surface area (Å²) in [5.41, 5.74) is 0.450. The second-order valence-electron chi connectivity index (χ2n) is 3.77. The lowest BCUT2D eigenvalue weighted by Crippen LogP contribution is -1.99. The molecule has 2 aromatic rings. The summed E-state index contributed by atoms with van der Waals surface area (Å²) < 4.78 is 13.3. The van der Waals surface area contributed by atoms with E-state index < -0.39 is 5.97 Å². The summed E-state index contributed by atoms with van der Waals surface area (Å²) in [6, 6.07) is 10.1. The van der Waals surface area contributed by atoms with Crippen LogP contribution in [0.3, 0.4) is 0 Å². The average Bonchev–Trinajstić information content (AvgIpc) is 2.75. The van der Waals surface area contributed by atoms with Gasteiger partial charge in [0.15, 0.2) is 0 Å².